The molecule has 3 N–H and O–H groups in total. The van der Waals surface area contributed by atoms with Crippen LogP contribution in [0.1, 0.15) is 18.4 Å². The van der Waals surface area contributed by atoms with Crippen molar-refractivity contribution in [1.29, 1.82) is 5.26 Å². The van der Waals surface area contributed by atoms with Crippen LogP contribution in [0.4, 0.5) is 5.69 Å². The Morgan fingerprint density at radius 1 is 1.06 bits per heavy atom. The number of benzene rings is 2. The maximum Gasteiger partial charge on any atom is 0.355 e. The number of anilines is 1. The molecule has 1 heterocycles. The zero-order valence-corrected chi connectivity index (χ0v) is 20.1. The lowest BCUT2D eigenvalue weighted by Gasteiger charge is -2.36. The predicted octanol–water partition coefficient (Wildman–Crippen LogP) is 1.88. The van der Waals surface area contributed by atoms with E-state index in [1.165, 1.54) is 24.3 Å². The molecule has 3 rings (SSSR count). The zero-order chi connectivity index (χ0) is 25.8. The number of methoxy groups -OCH3 is 2. The second-order valence-corrected chi connectivity index (χ2v) is 9.04. The third-order valence-electron chi connectivity index (χ3n) is 5.34. The summed E-state index contributed by atoms with van der Waals surface area (Å²) in [5, 5.41) is 10.1. The van der Waals surface area contributed by atoms with Gasteiger partial charge in [0.25, 0.3) is 0 Å². The maximum absolute atomic E-state index is 13.1. The number of rotatable bonds is 7. The zero-order valence-electron chi connectivity index (χ0n) is 19.3. The molecule has 1 unspecified atom stereocenters. The number of esters is 2. The molecule has 0 amide bonds. The Bertz CT molecular complexity index is 1360. The van der Waals surface area contributed by atoms with E-state index in [0.717, 1.165) is 19.1 Å². The van der Waals surface area contributed by atoms with E-state index < -0.39 is 27.9 Å². The summed E-state index contributed by atoms with van der Waals surface area (Å²) in [6.45, 7) is 1.72. The molecular formula is C24H24N4O6S. The van der Waals surface area contributed by atoms with Crippen molar-refractivity contribution in [2.45, 2.75) is 17.7 Å². The molecule has 0 fully saturated rings. The normalized spacial score (nSPS) is 16.1. The van der Waals surface area contributed by atoms with Gasteiger partial charge in [0.05, 0.1) is 43.0 Å². The van der Waals surface area contributed by atoms with Gasteiger partial charge in [-0.15, -0.1) is 0 Å². The Hall–Kier alpha value is -4.14. The lowest BCUT2D eigenvalue weighted by Crippen LogP contribution is -2.41. The minimum Gasteiger partial charge on any atom is -0.466 e. The van der Waals surface area contributed by atoms with Gasteiger partial charge in [-0.1, -0.05) is 49.4 Å². The Kier molecular flexibility index (Phi) is 7.58. The SMILES string of the molecule is CCNS(=O)(=O)c1ccccc1N1C(N)=C(C#N)C(c2ccccc2)C(C(=O)OC)=C1C(=O)OC. The molecular weight excluding hydrogens is 472 g/mol. The van der Waals surface area contributed by atoms with Crippen LogP contribution in [0.15, 0.2) is 82.2 Å². The third kappa shape index (κ3) is 4.62. The average Bonchev–Trinajstić information content (AvgIpc) is 2.87. The summed E-state index contributed by atoms with van der Waals surface area (Å²) in [4.78, 5) is 27.1. The van der Waals surface area contributed by atoms with Gasteiger partial charge >= 0.3 is 11.9 Å². The van der Waals surface area contributed by atoms with Crippen molar-refractivity contribution in [2.24, 2.45) is 5.73 Å². The van der Waals surface area contributed by atoms with E-state index in [1.54, 1.807) is 37.3 Å². The van der Waals surface area contributed by atoms with E-state index in [1.807, 2.05) is 6.07 Å². The lowest BCUT2D eigenvalue weighted by atomic mass is 9.81. The first-order chi connectivity index (χ1) is 16.7. The van der Waals surface area contributed by atoms with Gasteiger partial charge in [-0.2, -0.15) is 5.26 Å². The summed E-state index contributed by atoms with van der Waals surface area (Å²) >= 11 is 0. The Morgan fingerprint density at radius 2 is 1.66 bits per heavy atom. The van der Waals surface area contributed by atoms with Gasteiger partial charge in [0, 0.05) is 6.54 Å². The van der Waals surface area contributed by atoms with E-state index in [0.29, 0.717) is 5.56 Å². The van der Waals surface area contributed by atoms with Gasteiger partial charge in [0.15, 0.2) is 0 Å². The molecule has 0 radical (unpaired) electrons. The highest BCUT2D eigenvalue weighted by Gasteiger charge is 2.44. The Balaban J connectivity index is 2.47. The molecule has 0 bridgehead atoms. The van der Waals surface area contributed by atoms with Crippen molar-refractivity contribution in [3.63, 3.8) is 0 Å². The predicted molar refractivity (Wildman–Crippen MR) is 127 cm³/mol. The highest BCUT2D eigenvalue weighted by atomic mass is 32.2. The number of nitriles is 1. The maximum atomic E-state index is 13.1. The van der Waals surface area contributed by atoms with Crippen LogP contribution in [0.25, 0.3) is 0 Å². The number of para-hydroxylation sites is 1. The van der Waals surface area contributed by atoms with E-state index in [9.17, 15) is 23.3 Å². The lowest BCUT2D eigenvalue weighted by molar-refractivity contribution is -0.139. The monoisotopic (exact) mass is 496 g/mol. The summed E-state index contributed by atoms with van der Waals surface area (Å²) in [6, 6.07) is 16.3. The van der Waals surface area contributed by atoms with Crippen LogP contribution >= 0.6 is 0 Å². The van der Waals surface area contributed by atoms with Gasteiger partial charge in [-0.05, 0) is 17.7 Å². The molecule has 0 aliphatic carbocycles. The number of sulfonamides is 1. The van der Waals surface area contributed by atoms with Crippen LogP contribution in [-0.4, -0.2) is 41.1 Å². The van der Waals surface area contributed by atoms with Crippen molar-refractivity contribution in [1.82, 2.24) is 4.72 Å². The summed E-state index contributed by atoms with van der Waals surface area (Å²) in [5.41, 5.74) is 6.25. The quantitative estimate of drug-likeness (QED) is 0.547. The minimum absolute atomic E-state index is 0.0491. The molecule has 0 aromatic heterocycles. The second kappa shape index (κ2) is 10.4. The Labute approximate surface area is 203 Å². The number of hydrogen-bond acceptors (Lipinski definition) is 9. The van der Waals surface area contributed by atoms with Crippen molar-refractivity contribution in [3.8, 4) is 6.07 Å². The summed E-state index contributed by atoms with van der Waals surface area (Å²) in [6.07, 6.45) is 0. The number of ether oxygens (including phenoxy) is 2. The van der Waals surface area contributed by atoms with Crippen LogP contribution in [0, 0.1) is 11.3 Å². The first-order valence-corrected chi connectivity index (χ1v) is 12.0. The molecule has 2 aromatic carbocycles. The number of hydrogen-bond donors (Lipinski definition) is 2. The number of nitrogens with two attached hydrogens (primary N) is 1. The largest absolute Gasteiger partial charge is 0.466 e. The summed E-state index contributed by atoms with van der Waals surface area (Å²) < 4.78 is 38.3. The van der Waals surface area contributed by atoms with Crippen molar-refractivity contribution < 1.29 is 27.5 Å². The van der Waals surface area contributed by atoms with Crippen molar-refractivity contribution in [3.05, 3.63) is 82.8 Å². The van der Waals surface area contributed by atoms with Crippen molar-refractivity contribution in [2.75, 3.05) is 25.7 Å². The molecule has 10 nitrogen and oxygen atoms in total. The third-order valence-corrected chi connectivity index (χ3v) is 6.93. The molecule has 1 aliphatic rings. The van der Waals surface area contributed by atoms with Gasteiger partial charge in [0.2, 0.25) is 10.0 Å². The van der Waals surface area contributed by atoms with E-state index in [-0.39, 0.29) is 39.8 Å². The second-order valence-electron chi connectivity index (χ2n) is 7.30. The molecule has 2 aromatic rings. The fourth-order valence-corrected chi connectivity index (χ4v) is 5.13. The van der Waals surface area contributed by atoms with Gasteiger partial charge < -0.3 is 15.2 Å². The summed E-state index contributed by atoms with van der Waals surface area (Å²) in [7, 11) is -1.80. The summed E-state index contributed by atoms with van der Waals surface area (Å²) in [5.74, 6) is -3.16. The van der Waals surface area contributed by atoms with Gasteiger partial charge in [0.1, 0.15) is 16.4 Å². The topological polar surface area (TPSA) is 152 Å². The van der Waals surface area contributed by atoms with Gasteiger partial charge in [-0.3, -0.25) is 4.90 Å². The van der Waals surface area contributed by atoms with E-state index in [4.69, 9.17) is 15.2 Å². The fourth-order valence-electron chi connectivity index (χ4n) is 3.90. The number of carbonyl (C=O) groups excluding carboxylic acids is 2. The van der Waals surface area contributed by atoms with Crippen LogP contribution < -0.4 is 15.4 Å². The smallest absolute Gasteiger partial charge is 0.355 e. The molecule has 0 spiro atoms. The molecule has 1 aliphatic heterocycles. The standard InChI is InChI=1S/C24H24N4O6S/c1-4-27-35(31,32)18-13-9-8-12-17(18)28-21(24(30)34-3)20(23(29)33-2)19(16(14-25)22(28)26)15-10-6-5-7-11-15/h5-13,19,27H,4,26H2,1-3H3. The van der Waals surface area contributed by atoms with Crippen LogP contribution in [0.5, 0.6) is 0 Å². The fraction of sp³-hybridized carbons (Fsp3) is 0.208. The highest BCUT2D eigenvalue weighted by molar-refractivity contribution is 7.89. The van der Waals surface area contributed by atoms with Crippen LogP contribution in [0.3, 0.4) is 0 Å². The minimum atomic E-state index is -4.05. The van der Waals surface area contributed by atoms with E-state index >= 15 is 0 Å². The number of carbonyl (C=O) groups is 2. The molecule has 35 heavy (non-hydrogen) atoms. The average molecular weight is 497 g/mol. The number of nitrogens with one attached hydrogen (secondary N) is 1. The van der Waals surface area contributed by atoms with Crippen LogP contribution in [0.2, 0.25) is 0 Å². The molecule has 0 saturated heterocycles. The molecule has 182 valence electrons. The van der Waals surface area contributed by atoms with Crippen molar-refractivity contribution >= 4 is 27.6 Å². The van der Waals surface area contributed by atoms with E-state index in [2.05, 4.69) is 4.72 Å². The van der Waals surface area contributed by atoms with Crippen LogP contribution in [-0.2, 0) is 29.1 Å². The number of nitrogens with zero attached hydrogens (tertiary/aromatic N) is 2. The first-order valence-electron chi connectivity index (χ1n) is 10.5. The molecule has 1 atom stereocenters. The highest BCUT2D eigenvalue weighted by Crippen LogP contribution is 2.44. The Morgan fingerprint density at radius 3 is 2.23 bits per heavy atom. The molecule has 0 saturated carbocycles. The van der Waals surface area contributed by atoms with Gasteiger partial charge in [-0.25, -0.2) is 22.7 Å². The first kappa shape index (κ1) is 25.5. The molecule has 11 heteroatoms. The number of allylic oxidation sites excluding steroid dienone is 1.